The highest BCUT2D eigenvalue weighted by Crippen LogP contribution is 2.46. The molecule has 2 aliphatic heterocycles. The number of rotatable bonds is 6. The average Bonchev–Trinajstić information content (AvgIpc) is 2.92. The molecule has 7 nitrogen and oxygen atoms in total. The van der Waals surface area contributed by atoms with E-state index in [1.807, 2.05) is 75.9 Å². The number of amides is 2. The van der Waals surface area contributed by atoms with Gasteiger partial charge in [-0.15, -0.1) is 0 Å². The number of piperidine rings is 1. The van der Waals surface area contributed by atoms with Gasteiger partial charge in [0.15, 0.2) is 0 Å². The number of carbonyl (C=O) groups excluding carboxylic acids is 2. The fourth-order valence-corrected chi connectivity index (χ4v) is 6.30. The Kier molecular flexibility index (Phi) is 9.13. The minimum atomic E-state index is -2.06. The third-order valence-corrected chi connectivity index (χ3v) is 13.3. The van der Waals surface area contributed by atoms with Crippen molar-refractivity contribution in [2.24, 2.45) is 0 Å². The summed E-state index contributed by atoms with van der Waals surface area (Å²) >= 11 is 0. The van der Waals surface area contributed by atoms with Gasteiger partial charge in [-0.25, -0.2) is 4.79 Å². The molecule has 1 fully saturated rings. The zero-order chi connectivity index (χ0) is 31.8. The Morgan fingerprint density at radius 3 is 2.09 bits per heavy atom. The van der Waals surface area contributed by atoms with Crippen LogP contribution in [0.2, 0.25) is 18.1 Å². The van der Waals surface area contributed by atoms with Crippen LogP contribution in [-0.4, -0.2) is 67.5 Å². The monoisotopic (exact) mass is 606 g/mol. The predicted octanol–water partition coefficient (Wildman–Crippen LogP) is 8.15. The first-order valence-corrected chi connectivity index (χ1v) is 18.5. The van der Waals surface area contributed by atoms with Crippen LogP contribution in [0.3, 0.4) is 0 Å². The van der Waals surface area contributed by atoms with Crippen LogP contribution >= 0.6 is 0 Å². The Bertz CT molecular complexity index is 1360. The van der Waals surface area contributed by atoms with E-state index >= 15 is 0 Å². The second-order valence-corrected chi connectivity index (χ2v) is 19.0. The first-order chi connectivity index (χ1) is 20.0. The zero-order valence-electron chi connectivity index (χ0n) is 27.8. The first-order valence-electron chi connectivity index (χ1n) is 15.6. The van der Waals surface area contributed by atoms with Gasteiger partial charge in [0.2, 0.25) is 8.32 Å². The van der Waals surface area contributed by atoms with Crippen LogP contribution < -0.4 is 9.16 Å². The lowest BCUT2D eigenvalue weighted by Crippen LogP contribution is -2.50. The van der Waals surface area contributed by atoms with E-state index in [0.717, 1.165) is 28.2 Å². The number of fused-ring (bicyclic) bond motifs is 1. The number of benzene rings is 2. The van der Waals surface area contributed by atoms with E-state index in [1.165, 1.54) is 0 Å². The molecular weight excluding hydrogens is 556 g/mol. The molecule has 2 aromatic carbocycles. The maximum Gasteiger partial charge on any atom is 0.410 e. The van der Waals surface area contributed by atoms with Crippen molar-refractivity contribution in [1.29, 1.82) is 0 Å². The van der Waals surface area contributed by atoms with Crippen LogP contribution in [0, 0.1) is 0 Å². The van der Waals surface area contributed by atoms with Crippen molar-refractivity contribution >= 4 is 25.9 Å². The molecule has 0 atom stereocenters. The van der Waals surface area contributed by atoms with Gasteiger partial charge in [-0.05, 0) is 100 Å². The number of ether oxygens (including phenoxy) is 2. The lowest BCUT2D eigenvalue weighted by atomic mass is 9.82. The van der Waals surface area contributed by atoms with Crippen LogP contribution in [0.4, 0.5) is 4.79 Å². The fraction of sp³-hybridized carbons (Fsp3) is 0.543. The molecule has 0 unspecified atom stereocenters. The summed E-state index contributed by atoms with van der Waals surface area (Å²) in [4.78, 5) is 29.4. The molecule has 2 aromatic rings. The van der Waals surface area contributed by atoms with Crippen LogP contribution in [0.5, 0.6) is 11.5 Å². The molecule has 43 heavy (non-hydrogen) atoms. The topological polar surface area (TPSA) is 68.3 Å². The van der Waals surface area contributed by atoms with E-state index in [9.17, 15) is 9.59 Å². The fourth-order valence-electron chi connectivity index (χ4n) is 5.27. The summed E-state index contributed by atoms with van der Waals surface area (Å²) in [6.07, 6.45) is 3.23. The Balaban J connectivity index is 1.70. The highest BCUT2D eigenvalue weighted by molar-refractivity contribution is 6.74. The summed E-state index contributed by atoms with van der Waals surface area (Å²) in [5.74, 6) is 1.67. The number of hydrogen-bond acceptors (Lipinski definition) is 5. The number of nitrogens with zero attached hydrogens (tertiary/aromatic N) is 2. The van der Waals surface area contributed by atoms with Crippen LogP contribution in [0.25, 0.3) is 5.57 Å². The summed E-state index contributed by atoms with van der Waals surface area (Å²) in [6, 6.07) is 14.0. The number of hydrogen-bond donors (Lipinski definition) is 0. The second kappa shape index (κ2) is 12.0. The van der Waals surface area contributed by atoms with Crippen LogP contribution in [0.1, 0.15) is 89.7 Å². The van der Waals surface area contributed by atoms with Crippen molar-refractivity contribution in [3.8, 4) is 11.5 Å². The third kappa shape index (κ3) is 7.28. The molecule has 234 valence electrons. The van der Waals surface area contributed by atoms with Crippen molar-refractivity contribution < 1.29 is 23.5 Å². The Labute approximate surface area is 259 Å². The van der Waals surface area contributed by atoms with Crippen molar-refractivity contribution in [3.63, 3.8) is 0 Å². The summed E-state index contributed by atoms with van der Waals surface area (Å²) < 4.78 is 19.1. The normalized spacial score (nSPS) is 16.6. The molecule has 0 saturated carbocycles. The lowest BCUT2D eigenvalue weighted by Gasteiger charge is -2.43. The van der Waals surface area contributed by atoms with Gasteiger partial charge in [0.25, 0.3) is 5.91 Å². The van der Waals surface area contributed by atoms with Gasteiger partial charge in [0.05, 0.1) is 0 Å². The molecule has 4 rings (SSSR count). The van der Waals surface area contributed by atoms with Gasteiger partial charge in [-0.3, -0.25) is 4.79 Å². The molecule has 2 amide bonds. The van der Waals surface area contributed by atoms with E-state index in [2.05, 4.69) is 46.0 Å². The van der Waals surface area contributed by atoms with E-state index in [1.54, 1.807) is 4.90 Å². The molecule has 1 spiro atoms. The summed E-state index contributed by atoms with van der Waals surface area (Å²) in [6.45, 7) is 23.3. The van der Waals surface area contributed by atoms with E-state index < -0.39 is 19.5 Å². The molecule has 1 saturated heterocycles. The van der Waals surface area contributed by atoms with Crippen LogP contribution in [0.15, 0.2) is 48.5 Å². The molecule has 2 heterocycles. The molecule has 2 aliphatic rings. The number of likely N-dealkylation sites (tertiary alicyclic amines) is 1. The minimum absolute atomic E-state index is 0.0361. The van der Waals surface area contributed by atoms with Gasteiger partial charge in [-0.1, -0.05) is 32.9 Å². The largest absolute Gasteiger partial charge is 0.543 e. The first kappa shape index (κ1) is 32.6. The maximum atomic E-state index is 13.0. The highest BCUT2D eigenvalue weighted by Gasteiger charge is 2.42. The summed E-state index contributed by atoms with van der Waals surface area (Å²) in [7, 11) is -2.06. The lowest BCUT2D eigenvalue weighted by molar-refractivity contribution is -0.00119. The van der Waals surface area contributed by atoms with E-state index in [-0.39, 0.29) is 17.0 Å². The molecule has 0 N–H and O–H groups in total. The van der Waals surface area contributed by atoms with Crippen LogP contribution in [-0.2, 0) is 4.74 Å². The Morgan fingerprint density at radius 2 is 1.56 bits per heavy atom. The van der Waals surface area contributed by atoms with Gasteiger partial charge < -0.3 is 23.7 Å². The quantitative estimate of drug-likeness (QED) is 0.311. The number of carbonyl (C=O) groups is 2. The average molecular weight is 607 g/mol. The molecular formula is C35H50N2O5Si. The second-order valence-electron chi connectivity index (χ2n) is 14.3. The van der Waals surface area contributed by atoms with Crippen molar-refractivity contribution in [2.45, 2.75) is 97.6 Å². The zero-order valence-corrected chi connectivity index (χ0v) is 28.8. The molecule has 0 aliphatic carbocycles. The van der Waals surface area contributed by atoms with Crippen molar-refractivity contribution in [2.75, 3.05) is 26.2 Å². The molecule has 0 bridgehead atoms. The molecule has 0 aromatic heterocycles. The minimum Gasteiger partial charge on any atom is -0.543 e. The smallest absolute Gasteiger partial charge is 0.410 e. The maximum absolute atomic E-state index is 13.0. The van der Waals surface area contributed by atoms with Gasteiger partial charge >= 0.3 is 6.09 Å². The Morgan fingerprint density at radius 1 is 0.953 bits per heavy atom. The van der Waals surface area contributed by atoms with E-state index in [4.69, 9.17) is 13.9 Å². The van der Waals surface area contributed by atoms with E-state index in [0.29, 0.717) is 44.6 Å². The summed E-state index contributed by atoms with van der Waals surface area (Å²) in [5.41, 5.74) is 2.62. The van der Waals surface area contributed by atoms with Gasteiger partial charge in [0.1, 0.15) is 22.7 Å². The molecule has 8 heteroatoms. The highest BCUT2D eigenvalue weighted by atomic mass is 28.4. The Hall–Kier alpha value is -3.26. The predicted molar refractivity (Wildman–Crippen MR) is 175 cm³/mol. The van der Waals surface area contributed by atoms with Crippen molar-refractivity contribution in [1.82, 2.24) is 9.80 Å². The third-order valence-electron chi connectivity index (χ3n) is 8.90. The SMILES string of the molecule is CCN(CC)C(=O)c1ccc(C2=CC3(CCN(C(=O)OC(C)(C)C)CC3)Oc3ccc(O[Si](C)(C)C(C)(C)C)cc32)cc1. The summed E-state index contributed by atoms with van der Waals surface area (Å²) in [5, 5.41) is 0.0669. The standard InChI is InChI=1S/C35H50N2O5Si/c1-11-36(12-2)31(38)26-15-13-25(14-16-26)29-24-35(19-21-37(22-20-35)32(39)41-33(3,4)5)40-30-18-17-27(23-28(29)30)42-43(9,10)34(6,7)8/h13-18,23-24H,11-12,19-22H2,1-10H3. The van der Waals surface area contributed by atoms with Gasteiger partial charge in [-0.2, -0.15) is 0 Å². The van der Waals surface area contributed by atoms with Crippen molar-refractivity contribution in [3.05, 3.63) is 65.2 Å². The molecule has 0 radical (unpaired) electrons. The van der Waals surface area contributed by atoms with Gasteiger partial charge in [0, 0.05) is 50.1 Å².